The van der Waals surface area contributed by atoms with E-state index in [1.165, 1.54) is 5.56 Å². The summed E-state index contributed by atoms with van der Waals surface area (Å²) in [6, 6.07) is 32.7. The molecule has 0 radical (unpaired) electrons. The van der Waals surface area contributed by atoms with E-state index in [1.807, 2.05) is 42.5 Å². The molecule has 3 atom stereocenters. The smallest absolute Gasteiger partial charge is 0.145 e. The van der Waals surface area contributed by atoms with Gasteiger partial charge in [0, 0.05) is 34.6 Å². The SMILES string of the molecule is CC(C)(C)c1ccc([C@H]2C=C3Nc4ccccc4N(Cc4ccccc4)[C@@H](c4ccc(Cl)cc4Cl)[C@@H]3C(=O)C2)cc1. The van der Waals surface area contributed by atoms with Crippen LogP contribution in [-0.4, -0.2) is 5.78 Å². The fourth-order valence-corrected chi connectivity index (χ4v) is 6.69. The van der Waals surface area contributed by atoms with Crippen LogP contribution in [0.1, 0.15) is 61.4 Å². The number of Topliss-reactive ketones (excluding diaryl/α,β-unsaturated/α-hetero) is 1. The molecule has 2 aliphatic rings. The van der Waals surface area contributed by atoms with Crippen molar-refractivity contribution in [3.63, 3.8) is 0 Å². The number of ketones is 1. The van der Waals surface area contributed by atoms with Crippen molar-refractivity contribution in [3.05, 3.63) is 141 Å². The second kappa shape index (κ2) is 11.0. The molecule has 0 fully saturated rings. The predicted molar refractivity (Wildman–Crippen MR) is 171 cm³/mol. The zero-order valence-corrected chi connectivity index (χ0v) is 25.1. The Balaban J connectivity index is 1.50. The molecule has 1 aliphatic heterocycles. The lowest BCUT2D eigenvalue weighted by Gasteiger charge is -2.39. The minimum atomic E-state index is -0.421. The van der Waals surface area contributed by atoms with Crippen LogP contribution in [0.4, 0.5) is 11.4 Å². The number of nitrogens with one attached hydrogen (secondary N) is 1. The second-order valence-corrected chi connectivity index (χ2v) is 13.0. The first-order valence-corrected chi connectivity index (χ1v) is 14.9. The molecule has 0 spiro atoms. The van der Waals surface area contributed by atoms with E-state index in [1.54, 1.807) is 6.07 Å². The van der Waals surface area contributed by atoms with E-state index < -0.39 is 5.92 Å². The van der Waals surface area contributed by atoms with E-state index in [0.29, 0.717) is 23.0 Å². The highest BCUT2D eigenvalue weighted by Crippen LogP contribution is 2.49. The van der Waals surface area contributed by atoms with Gasteiger partial charge in [-0.15, -0.1) is 0 Å². The molecule has 1 aliphatic carbocycles. The zero-order valence-electron chi connectivity index (χ0n) is 23.6. The highest BCUT2D eigenvalue weighted by molar-refractivity contribution is 6.35. The van der Waals surface area contributed by atoms with Gasteiger partial charge in [0.25, 0.3) is 0 Å². The summed E-state index contributed by atoms with van der Waals surface area (Å²) < 4.78 is 0. The largest absolute Gasteiger partial charge is 0.357 e. The normalized spacial score (nSPS) is 20.4. The van der Waals surface area contributed by atoms with Crippen molar-refractivity contribution >= 4 is 40.4 Å². The number of hydrogen-bond acceptors (Lipinski definition) is 3. The van der Waals surface area contributed by atoms with Gasteiger partial charge in [-0.1, -0.05) is 123 Å². The number of carbonyl (C=O) groups is 1. The van der Waals surface area contributed by atoms with E-state index in [-0.39, 0.29) is 23.2 Å². The molecule has 4 aromatic carbocycles. The van der Waals surface area contributed by atoms with Gasteiger partial charge in [0.2, 0.25) is 0 Å². The van der Waals surface area contributed by atoms with Crippen LogP contribution < -0.4 is 10.2 Å². The molecule has 41 heavy (non-hydrogen) atoms. The van der Waals surface area contributed by atoms with Gasteiger partial charge in [-0.25, -0.2) is 0 Å². The minimum Gasteiger partial charge on any atom is -0.357 e. The Morgan fingerprint density at radius 3 is 2.29 bits per heavy atom. The lowest BCUT2D eigenvalue weighted by molar-refractivity contribution is -0.123. The lowest BCUT2D eigenvalue weighted by atomic mass is 9.75. The standard InChI is InChI=1S/C36H34Cl2N2O/c1-36(2,3)26-15-13-24(14-16-26)25-19-31-34(33(41)20-25)35(28-18-17-27(37)21-29(28)38)40(22-23-9-5-4-6-10-23)32-12-8-7-11-30(32)39-31/h4-19,21,25,34-35,39H,20,22H2,1-3H3/t25-,34-,35-/m0/s1. The summed E-state index contributed by atoms with van der Waals surface area (Å²) in [6.45, 7) is 7.27. The molecular formula is C36H34Cl2N2O. The fourth-order valence-electron chi connectivity index (χ4n) is 6.17. The van der Waals surface area contributed by atoms with Crippen molar-refractivity contribution in [2.24, 2.45) is 5.92 Å². The third-order valence-electron chi connectivity index (χ3n) is 8.31. The van der Waals surface area contributed by atoms with Crippen LogP contribution in [-0.2, 0) is 16.8 Å². The van der Waals surface area contributed by atoms with Crippen molar-refractivity contribution in [2.75, 3.05) is 10.2 Å². The van der Waals surface area contributed by atoms with Gasteiger partial charge in [-0.2, -0.15) is 0 Å². The monoisotopic (exact) mass is 580 g/mol. The Kier molecular flexibility index (Phi) is 7.44. The topological polar surface area (TPSA) is 32.3 Å². The molecule has 0 saturated heterocycles. The van der Waals surface area contributed by atoms with Crippen LogP contribution >= 0.6 is 23.2 Å². The maximum Gasteiger partial charge on any atom is 0.145 e. The number of fused-ring (bicyclic) bond motifs is 2. The van der Waals surface area contributed by atoms with Crippen molar-refractivity contribution in [1.29, 1.82) is 0 Å². The van der Waals surface area contributed by atoms with E-state index in [9.17, 15) is 4.79 Å². The summed E-state index contributed by atoms with van der Waals surface area (Å²) in [5.74, 6) is -0.235. The van der Waals surface area contributed by atoms with Crippen LogP contribution in [0.25, 0.3) is 0 Å². The molecule has 208 valence electrons. The molecule has 3 nitrogen and oxygen atoms in total. The van der Waals surface area contributed by atoms with Crippen molar-refractivity contribution in [2.45, 2.75) is 51.1 Å². The second-order valence-electron chi connectivity index (χ2n) is 12.1. The van der Waals surface area contributed by atoms with Crippen LogP contribution in [0.15, 0.2) is 109 Å². The van der Waals surface area contributed by atoms with Gasteiger partial charge in [0.05, 0.1) is 23.3 Å². The molecule has 6 rings (SSSR count). The Bertz CT molecular complexity index is 1610. The van der Waals surface area contributed by atoms with Crippen molar-refractivity contribution in [3.8, 4) is 0 Å². The number of nitrogens with zero attached hydrogens (tertiary/aromatic N) is 1. The molecule has 0 saturated carbocycles. The van der Waals surface area contributed by atoms with Crippen molar-refractivity contribution in [1.82, 2.24) is 0 Å². The Labute approximate surface area is 252 Å². The Hall–Kier alpha value is -3.53. The average molecular weight is 582 g/mol. The van der Waals surface area contributed by atoms with Crippen LogP contribution in [0.2, 0.25) is 10.0 Å². The molecule has 4 aromatic rings. The number of rotatable bonds is 4. The third kappa shape index (κ3) is 5.54. The van der Waals surface area contributed by atoms with Gasteiger partial charge in [-0.3, -0.25) is 4.79 Å². The molecule has 1 N–H and O–H groups in total. The fraction of sp³-hybridized carbons (Fsp3) is 0.250. The molecule has 0 aromatic heterocycles. The molecule has 0 bridgehead atoms. The molecule has 1 heterocycles. The molecular weight excluding hydrogens is 547 g/mol. The van der Waals surface area contributed by atoms with Gasteiger partial charge in [0.15, 0.2) is 0 Å². The van der Waals surface area contributed by atoms with Crippen LogP contribution in [0.3, 0.4) is 0 Å². The number of para-hydroxylation sites is 2. The quantitative estimate of drug-likeness (QED) is 0.260. The first-order chi connectivity index (χ1) is 19.7. The summed E-state index contributed by atoms with van der Waals surface area (Å²) in [6.07, 6.45) is 2.69. The minimum absolute atomic E-state index is 0.00977. The highest BCUT2D eigenvalue weighted by atomic mass is 35.5. The Morgan fingerprint density at radius 2 is 1.59 bits per heavy atom. The summed E-state index contributed by atoms with van der Waals surface area (Å²) >= 11 is 13.2. The van der Waals surface area contributed by atoms with Gasteiger partial charge < -0.3 is 10.2 Å². The maximum absolute atomic E-state index is 14.3. The summed E-state index contributed by atoms with van der Waals surface area (Å²) in [5, 5.41) is 4.84. The zero-order chi connectivity index (χ0) is 28.7. The first kappa shape index (κ1) is 27.6. The van der Waals surface area contributed by atoms with Gasteiger partial charge in [-0.05, 0) is 51.9 Å². The summed E-state index contributed by atoms with van der Waals surface area (Å²) in [7, 11) is 0. The van der Waals surface area contributed by atoms with E-state index in [4.69, 9.17) is 23.2 Å². The van der Waals surface area contributed by atoms with Gasteiger partial charge >= 0.3 is 0 Å². The first-order valence-electron chi connectivity index (χ1n) is 14.2. The Morgan fingerprint density at radius 1 is 0.878 bits per heavy atom. The molecule has 0 unspecified atom stereocenters. The third-order valence-corrected chi connectivity index (χ3v) is 8.87. The maximum atomic E-state index is 14.3. The van der Waals surface area contributed by atoms with Gasteiger partial charge in [0.1, 0.15) is 5.78 Å². The van der Waals surface area contributed by atoms with Crippen LogP contribution in [0, 0.1) is 5.92 Å². The average Bonchev–Trinajstić information content (AvgIpc) is 3.08. The van der Waals surface area contributed by atoms with E-state index >= 15 is 0 Å². The number of benzene rings is 4. The lowest BCUT2D eigenvalue weighted by Crippen LogP contribution is -2.39. The summed E-state index contributed by atoms with van der Waals surface area (Å²) in [4.78, 5) is 16.7. The number of halogens is 2. The molecule has 0 amide bonds. The number of carbonyl (C=O) groups excluding carboxylic acids is 1. The van der Waals surface area contributed by atoms with E-state index in [2.05, 4.69) is 85.6 Å². The molecule has 5 heteroatoms. The number of allylic oxidation sites excluding steroid dienone is 1. The van der Waals surface area contributed by atoms with Crippen molar-refractivity contribution < 1.29 is 4.79 Å². The van der Waals surface area contributed by atoms with Crippen LogP contribution in [0.5, 0.6) is 0 Å². The summed E-state index contributed by atoms with van der Waals surface area (Å²) in [5.41, 5.74) is 7.48. The number of hydrogen-bond donors (Lipinski definition) is 1. The predicted octanol–water partition coefficient (Wildman–Crippen LogP) is 9.72. The number of anilines is 2. The highest BCUT2D eigenvalue weighted by Gasteiger charge is 2.43. The van der Waals surface area contributed by atoms with E-state index in [0.717, 1.165) is 33.8 Å².